The molecular formula is C25H22N2O4. The fraction of sp³-hybridized carbons (Fsp3) is 0.280. The number of aryl methyl sites for hydroxylation is 2. The van der Waals surface area contributed by atoms with Gasteiger partial charge in [-0.25, -0.2) is 0 Å². The number of benzene rings is 2. The van der Waals surface area contributed by atoms with E-state index in [1.807, 2.05) is 55.1 Å². The third kappa shape index (κ3) is 2.51. The van der Waals surface area contributed by atoms with Crippen LogP contribution in [-0.4, -0.2) is 30.7 Å². The molecule has 0 aliphatic carbocycles. The van der Waals surface area contributed by atoms with Gasteiger partial charge in [0.25, 0.3) is 0 Å². The Balaban J connectivity index is 1.52. The van der Waals surface area contributed by atoms with Crippen LogP contribution in [0.1, 0.15) is 27.9 Å². The molecule has 3 aromatic rings. The van der Waals surface area contributed by atoms with Crippen molar-refractivity contribution in [3.8, 4) is 17.2 Å². The van der Waals surface area contributed by atoms with E-state index in [0.29, 0.717) is 37.0 Å². The van der Waals surface area contributed by atoms with E-state index >= 15 is 0 Å². The van der Waals surface area contributed by atoms with E-state index in [9.17, 15) is 4.79 Å². The lowest BCUT2D eigenvalue weighted by Gasteiger charge is -2.25. The van der Waals surface area contributed by atoms with Crippen molar-refractivity contribution in [2.75, 3.05) is 24.7 Å². The summed E-state index contributed by atoms with van der Waals surface area (Å²) in [5.74, 6) is 2.02. The van der Waals surface area contributed by atoms with Crippen LogP contribution >= 0.6 is 0 Å². The highest BCUT2D eigenvalue weighted by Gasteiger charge is 2.57. The lowest BCUT2D eigenvalue weighted by atomic mass is 9.76. The van der Waals surface area contributed by atoms with Gasteiger partial charge in [-0.1, -0.05) is 23.8 Å². The Morgan fingerprint density at radius 3 is 2.58 bits per heavy atom. The van der Waals surface area contributed by atoms with Gasteiger partial charge in [-0.15, -0.1) is 0 Å². The molecule has 6 nitrogen and oxygen atoms in total. The second-order valence-corrected chi connectivity index (χ2v) is 8.36. The molecule has 1 amide bonds. The Morgan fingerprint density at radius 1 is 0.968 bits per heavy atom. The SMILES string of the molecule is Cc1ccc2c(c1)C1(COc3cc4c(cc31)OCCO4)C(=O)N2Cc1ncccc1C. The summed E-state index contributed by atoms with van der Waals surface area (Å²) in [5, 5.41) is 0. The summed E-state index contributed by atoms with van der Waals surface area (Å²) in [7, 11) is 0. The Morgan fingerprint density at radius 2 is 1.77 bits per heavy atom. The van der Waals surface area contributed by atoms with E-state index in [0.717, 1.165) is 33.6 Å². The van der Waals surface area contributed by atoms with Gasteiger partial charge in [0.05, 0.1) is 12.2 Å². The zero-order valence-corrected chi connectivity index (χ0v) is 17.5. The molecule has 1 spiro atoms. The predicted molar refractivity (Wildman–Crippen MR) is 115 cm³/mol. The fourth-order valence-electron chi connectivity index (χ4n) is 4.86. The van der Waals surface area contributed by atoms with Gasteiger partial charge in [0.1, 0.15) is 31.0 Å². The van der Waals surface area contributed by atoms with E-state index in [4.69, 9.17) is 14.2 Å². The number of carbonyl (C=O) groups is 1. The molecule has 0 saturated heterocycles. The highest BCUT2D eigenvalue weighted by atomic mass is 16.6. The maximum absolute atomic E-state index is 14.1. The van der Waals surface area contributed by atoms with Crippen LogP contribution in [0, 0.1) is 13.8 Å². The van der Waals surface area contributed by atoms with Crippen LogP contribution in [0.4, 0.5) is 5.69 Å². The molecule has 3 aliphatic rings. The van der Waals surface area contributed by atoms with Crippen LogP contribution in [0.15, 0.2) is 48.7 Å². The second kappa shape index (κ2) is 6.48. The minimum Gasteiger partial charge on any atom is -0.491 e. The number of aromatic nitrogens is 1. The van der Waals surface area contributed by atoms with Crippen LogP contribution < -0.4 is 19.1 Å². The Hall–Kier alpha value is -3.54. The monoisotopic (exact) mass is 414 g/mol. The maximum Gasteiger partial charge on any atom is 0.246 e. The molecule has 0 radical (unpaired) electrons. The summed E-state index contributed by atoms with van der Waals surface area (Å²) in [4.78, 5) is 20.5. The third-order valence-corrected chi connectivity index (χ3v) is 6.49. The van der Waals surface area contributed by atoms with Crippen LogP contribution in [-0.2, 0) is 16.8 Å². The molecule has 6 heteroatoms. The molecule has 1 unspecified atom stereocenters. The summed E-state index contributed by atoms with van der Waals surface area (Å²) in [6, 6.07) is 13.9. The van der Waals surface area contributed by atoms with Gasteiger partial charge in [-0.3, -0.25) is 9.78 Å². The number of fused-ring (bicyclic) bond motifs is 5. The highest BCUT2D eigenvalue weighted by Crippen LogP contribution is 2.55. The number of ether oxygens (including phenoxy) is 3. The van der Waals surface area contributed by atoms with Gasteiger partial charge >= 0.3 is 0 Å². The summed E-state index contributed by atoms with van der Waals surface area (Å²) in [6.45, 7) is 5.75. The van der Waals surface area contributed by atoms with Gasteiger partial charge in [-0.2, -0.15) is 0 Å². The first-order valence-electron chi connectivity index (χ1n) is 10.5. The van der Waals surface area contributed by atoms with Crippen LogP contribution in [0.25, 0.3) is 0 Å². The summed E-state index contributed by atoms with van der Waals surface area (Å²) in [6.07, 6.45) is 1.77. The van der Waals surface area contributed by atoms with Crippen LogP contribution in [0.2, 0.25) is 0 Å². The summed E-state index contributed by atoms with van der Waals surface area (Å²) >= 11 is 0. The molecule has 0 fully saturated rings. The van der Waals surface area contributed by atoms with Crippen molar-refractivity contribution in [2.45, 2.75) is 25.8 Å². The van der Waals surface area contributed by atoms with E-state index in [-0.39, 0.29) is 12.5 Å². The molecular weight excluding hydrogens is 392 g/mol. The normalized spacial score (nSPS) is 20.6. The highest BCUT2D eigenvalue weighted by molar-refractivity contribution is 6.11. The first-order chi connectivity index (χ1) is 15.1. The van der Waals surface area contributed by atoms with Gasteiger partial charge < -0.3 is 19.1 Å². The molecule has 156 valence electrons. The van der Waals surface area contributed by atoms with Crippen molar-refractivity contribution in [3.63, 3.8) is 0 Å². The van der Waals surface area contributed by atoms with Crippen molar-refractivity contribution in [2.24, 2.45) is 0 Å². The first-order valence-corrected chi connectivity index (χ1v) is 10.5. The number of rotatable bonds is 2. The van der Waals surface area contributed by atoms with Crippen LogP contribution in [0.5, 0.6) is 17.2 Å². The number of anilines is 1. The summed E-state index contributed by atoms with van der Waals surface area (Å²) in [5.41, 5.74) is 4.89. The van der Waals surface area contributed by atoms with Crippen molar-refractivity contribution in [3.05, 3.63) is 76.6 Å². The molecule has 2 aromatic carbocycles. The molecule has 0 N–H and O–H groups in total. The maximum atomic E-state index is 14.1. The standard InChI is InChI=1S/C25H22N2O4/c1-15-5-6-20-17(10-15)25(24(28)27(20)13-19-16(2)4-3-7-26-19)14-31-21-12-23-22(11-18(21)25)29-8-9-30-23/h3-7,10-12H,8-9,13-14H2,1-2H3. The molecule has 3 aliphatic heterocycles. The Bertz CT molecular complexity index is 1240. The molecule has 0 bridgehead atoms. The van der Waals surface area contributed by atoms with E-state index < -0.39 is 5.41 Å². The van der Waals surface area contributed by atoms with Crippen LogP contribution in [0.3, 0.4) is 0 Å². The second-order valence-electron chi connectivity index (χ2n) is 8.36. The molecule has 31 heavy (non-hydrogen) atoms. The average molecular weight is 414 g/mol. The zero-order chi connectivity index (χ0) is 21.2. The Kier molecular flexibility index (Phi) is 3.81. The van der Waals surface area contributed by atoms with E-state index in [2.05, 4.69) is 11.1 Å². The quantitative estimate of drug-likeness (QED) is 0.640. The number of amides is 1. The summed E-state index contributed by atoms with van der Waals surface area (Å²) < 4.78 is 17.6. The predicted octanol–water partition coefficient (Wildman–Crippen LogP) is 3.69. The molecule has 1 atom stereocenters. The lowest BCUT2D eigenvalue weighted by Crippen LogP contribution is -2.42. The van der Waals surface area contributed by atoms with Gasteiger partial charge in [0, 0.05) is 23.5 Å². The molecule has 0 saturated carbocycles. The van der Waals surface area contributed by atoms with Gasteiger partial charge in [0.15, 0.2) is 11.5 Å². The van der Waals surface area contributed by atoms with E-state index in [1.54, 1.807) is 6.20 Å². The number of pyridine rings is 1. The van der Waals surface area contributed by atoms with Crippen molar-refractivity contribution in [1.82, 2.24) is 4.98 Å². The molecule has 6 rings (SSSR count). The zero-order valence-electron chi connectivity index (χ0n) is 17.5. The smallest absolute Gasteiger partial charge is 0.246 e. The van der Waals surface area contributed by atoms with Crippen molar-refractivity contribution >= 4 is 11.6 Å². The average Bonchev–Trinajstić information content (AvgIpc) is 3.26. The minimum absolute atomic E-state index is 0.00795. The first kappa shape index (κ1) is 18.2. The fourth-order valence-corrected chi connectivity index (χ4v) is 4.86. The van der Waals surface area contributed by atoms with E-state index in [1.165, 1.54) is 0 Å². The van der Waals surface area contributed by atoms with Gasteiger partial charge in [0.2, 0.25) is 5.91 Å². The minimum atomic E-state index is -0.894. The number of hydrogen-bond acceptors (Lipinski definition) is 5. The third-order valence-electron chi connectivity index (χ3n) is 6.49. The largest absolute Gasteiger partial charge is 0.491 e. The molecule has 4 heterocycles. The number of nitrogens with zero attached hydrogens (tertiary/aromatic N) is 2. The Labute approximate surface area is 180 Å². The molecule has 1 aromatic heterocycles. The van der Waals surface area contributed by atoms with Gasteiger partial charge in [-0.05, 0) is 43.2 Å². The topological polar surface area (TPSA) is 60.9 Å². The van der Waals surface area contributed by atoms with Crippen molar-refractivity contribution in [1.29, 1.82) is 0 Å². The number of hydrogen-bond donors (Lipinski definition) is 0. The van der Waals surface area contributed by atoms with Crippen molar-refractivity contribution < 1.29 is 19.0 Å². The lowest BCUT2D eigenvalue weighted by molar-refractivity contribution is -0.122. The number of carbonyl (C=O) groups excluding carboxylic acids is 1.